The highest BCUT2D eigenvalue weighted by atomic mass is 79.9. The van der Waals surface area contributed by atoms with E-state index in [1.54, 1.807) is 30.3 Å². The SMILES string of the molecule is O=C(Nc1cc(Cl)ccc1Oc1ccccc1)c1ccccc1Br. The molecular weight excluding hydrogens is 390 g/mol. The number of halogens is 2. The maximum absolute atomic E-state index is 12.5. The number of anilines is 1. The van der Waals surface area contributed by atoms with E-state index in [4.69, 9.17) is 16.3 Å². The molecule has 0 saturated carbocycles. The van der Waals surface area contributed by atoms with E-state index in [-0.39, 0.29) is 5.91 Å². The van der Waals surface area contributed by atoms with Crippen molar-refractivity contribution < 1.29 is 9.53 Å². The van der Waals surface area contributed by atoms with Crippen LogP contribution in [0.15, 0.2) is 77.3 Å². The summed E-state index contributed by atoms with van der Waals surface area (Å²) in [6.07, 6.45) is 0. The van der Waals surface area contributed by atoms with Gasteiger partial charge in [-0.25, -0.2) is 0 Å². The van der Waals surface area contributed by atoms with Gasteiger partial charge in [-0.05, 0) is 58.4 Å². The van der Waals surface area contributed by atoms with Gasteiger partial charge in [0.25, 0.3) is 5.91 Å². The van der Waals surface area contributed by atoms with Crippen LogP contribution in [-0.4, -0.2) is 5.91 Å². The van der Waals surface area contributed by atoms with Crippen LogP contribution >= 0.6 is 27.5 Å². The summed E-state index contributed by atoms with van der Waals surface area (Å²) in [6, 6.07) is 21.7. The molecule has 0 heterocycles. The van der Waals surface area contributed by atoms with Crippen LogP contribution in [-0.2, 0) is 0 Å². The molecule has 0 aliphatic carbocycles. The predicted octanol–water partition coefficient (Wildman–Crippen LogP) is 6.15. The second-order valence-electron chi connectivity index (χ2n) is 4.99. The second kappa shape index (κ2) is 7.51. The molecule has 0 bridgehead atoms. The maximum Gasteiger partial charge on any atom is 0.256 e. The number of carbonyl (C=O) groups is 1. The first kappa shape index (κ1) is 16.6. The van der Waals surface area contributed by atoms with Crippen molar-refractivity contribution in [3.8, 4) is 11.5 Å². The lowest BCUT2D eigenvalue weighted by molar-refractivity contribution is 0.102. The third-order valence-electron chi connectivity index (χ3n) is 3.28. The average Bonchev–Trinajstić information content (AvgIpc) is 2.58. The van der Waals surface area contributed by atoms with E-state index in [1.807, 2.05) is 42.5 Å². The molecule has 0 fully saturated rings. The van der Waals surface area contributed by atoms with Crippen molar-refractivity contribution in [1.82, 2.24) is 0 Å². The molecule has 1 N–H and O–H groups in total. The number of amides is 1. The van der Waals surface area contributed by atoms with Gasteiger partial charge >= 0.3 is 0 Å². The molecule has 24 heavy (non-hydrogen) atoms. The maximum atomic E-state index is 12.5. The Kier molecular flexibility index (Phi) is 5.18. The molecule has 0 aliphatic rings. The zero-order valence-corrected chi connectivity index (χ0v) is 14.8. The summed E-state index contributed by atoms with van der Waals surface area (Å²) in [5.41, 5.74) is 1.04. The van der Waals surface area contributed by atoms with E-state index >= 15 is 0 Å². The molecule has 3 aromatic carbocycles. The second-order valence-corrected chi connectivity index (χ2v) is 6.28. The van der Waals surface area contributed by atoms with E-state index in [0.29, 0.717) is 27.8 Å². The van der Waals surface area contributed by atoms with E-state index in [9.17, 15) is 4.79 Å². The molecule has 3 aromatic rings. The predicted molar refractivity (Wildman–Crippen MR) is 100 cm³/mol. The quantitative estimate of drug-likeness (QED) is 0.568. The monoisotopic (exact) mass is 401 g/mol. The lowest BCUT2D eigenvalue weighted by atomic mass is 10.2. The van der Waals surface area contributed by atoms with Crippen LogP contribution in [0.2, 0.25) is 5.02 Å². The van der Waals surface area contributed by atoms with Crippen LogP contribution < -0.4 is 10.1 Å². The number of carbonyl (C=O) groups excluding carboxylic acids is 1. The molecule has 5 heteroatoms. The number of para-hydroxylation sites is 1. The molecule has 120 valence electrons. The van der Waals surface area contributed by atoms with Crippen LogP contribution in [0.25, 0.3) is 0 Å². The number of benzene rings is 3. The zero-order valence-electron chi connectivity index (χ0n) is 12.5. The molecule has 0 aliphatic heterocycles. The standard InChI is InChI=1S/C19H13BrClNO2/c20-16-9-5-4-8-15(16)19(23)22-17-12-13(21)10-11-18(17)24-14-6-2-1-3-7-14/h1-12H,(H,22,23). The van der Waals surface area contributed by atoms with Crippen LogP contribution in [0.3, 0.4) is 0 Å². The fourth-order valence-corrected chi connectivity index (χ4v) is 2.78. The van der Waals surface area contributed by atoms with E-state index in [2.05, 4.69) is 21.2 Å². The molecule has 0 spiro atoms. The highest BCUT2D eigenvalue weighted by Crippen LogP contribution is 2.32. The Hall–Kier alpha value is -2.30. The summed E-state index contributed by atoms with van der Waals surface area (Å²) >= 11 is 9.44. The molecule has 3 nitrogen and oxygen atoms in total. The molecule has 3 rings (SSSR count). The fraction of sp³-hybridized carbons (Fsp3) is 0. The Labute approximate surface area is 153 Å². The minimum atomic E-state index is -0.248. The summed E-state index contributed by atoms with van der Waals surface area (Å²) in [5.74, 6) is 0.949. The van der Waals surface area contributed by atoms with Gasteiger partial charge in [-0.2, -0.15) is 0 Å². The summed E-state index contributed by atoms with van der Waals surface area (Å²) in [7, 11) is 0. The van der Waals surface area contributed by atoms with Crippen LogP contribution in [0, 0.1) is 0 Å². The lowest BCUT2D eigenvalue weighted by Crippen LogP contribution is -2.13. The Balaban J connectivity index is 1.88. The molecule has 0 atom stereocenters. The van der Waals surface area contributed by atoms with Crippen molar-refractivity contribution in [2.45, 2.75) is 0 Å². The normalized spacial score (nSPS) is 10.2. The van der Waals surface area contributed by atoms with Crippen molar-refractivity contribution in [3.05, 3.63) is 87.9 Å². The average molecular weight is 403 g/mol. The topological polar surface area (TPSA) is 38.3 Å². The van der Waals surface area contributed by atoms with Crippen molar-refractivity contribution >= 4 is 39.1 Å². The molecule has 0 unspecified atom stereocenters. The first-order chi connectivity index (χ1) is 11.6. The highest BCUT2D eigenvalue weighted by Gasteiger charge is 2.13. The number of hydrogen-bond acceptors (Lipinski definition) is 2. The van der Waals surface area contributed by atoms with Gasteiger partial charge in [0.15, 0.2) is 5.75 Å². The number of ether oxygens (including phenoxy) is 1. The number of hydrogen-bond donors (Lipinski definition) is 1. The fourth-order valence-electron chi connectivity index (χ4n) is 2.14. The molecule has 0 aromatic heterocycles. The Bertz CT molecular complexity index is 868. The van der Waals surface area contributed by atoms with Crippen LogP contribution in [0.4, 0.5) is 5.69 Å². The van der Waals surface area contributed by atoms with Crippen molar-refractivity contribution in [2.75, 3.05) is 5.32 Å². The Morgan fingerprint density at radius 1 is 0.958 bits per heavy atom. The smallest absolute Gasteiger partial charge is 0.256 e. The van der Waals surface area contributed by atoms with Crippen molar-refractivity contribution in [3.63, 3.8) is 0 Å². The lowest BCUT2D eigenvalue weighted by Gasteiger charge is -2.13. The summed E-state index contributed by atoms with van der Waals surface area (Å²) in [6.45, 7) is 0. The van der Waals surface area contributed by atoms with Crippen LogP contribution in [0.1, 0.15) is 10.4 Å². The number of nitrogens with one attached hydrogen (secondary N) is 1. The molecule has 0 saturated heterocycles. The van der Waals surface area contributed by atoms with Gasteiger partial charge in [-0.15, -0.1) is 0 Å². The van der Waals surface area contributed by atoms with Gasteiger partial charge in [0, 0.05) is 9.50 Å². The van der Waals surface area contributed by atoms with Gasteiger partial charge in [0.2, 0.25) is 0 Å². The molecule has 1 amide bonds. The van der Waals surface area contributed by atoms with Gasteiger partial charge < -0.3 is 10.1 Å². The third kappa shape index (κ3) is 3.96. The first-order valence-corrected chi connectivity index (χ1v) is 8.39. The summed E-state index contributed by atoms with van der Waals surface area (Å²) in [5, 5.41) is 3.36. The van der Waals surface area contributed by atoms with Crippen molar-refractivity contribution in [1.29, 1.82) is 0 Å². The summed E-state index contributed by atoms with van der Waals surface area (Å²) in [4.78, 5) is 12.5. The van der Waals surface area contributed by atoms with Gasteiger partial charge in [-0.1, -0.05) is 41.9 Å². The zero-order chi connectivity index (χ0) is 16.9. The minimum Gasteiger partial charge on any atom is -0.455 e. The Morgan fingerprint density at radius 2 is 1.67 bits per heavy atom. The highest BCUT2D eigenvalue weighted by molar-refractivity contribution is 9.10. The van der Waals surface area contributed by atoms with E-state index < -0.39 is 0 Å². The minimum absolute atomic E-state index is 0.248. The molecule has 0 radical (unpaired) electrons. The van der Waals surface area contributed by atoms with E-state index in [0.717, 1.165) is 4.47 Å². The van der Waals surface area contributed by atoms with Gasteiger partial charge in [0.05, 0.1) is 11.3 Å². The van der Waals surface area contributed by atoms with Gasteiger partial charge in [0.1, 0.15) is 5.75 Å². The van der Waals surface area contributed by atoms with Gasteiger partial charge in [-0.3, -0.25) is 4.79 Å². The number of rotatable bonds is 4. The van der Waals surface area contributed by atoms with E-state index in [1.165, 1.54) is 0 Å². The van der Waals surface area contributed by atoms with Crippen molar-refractivity contribution in [2.24, 2.45) is 0 Å². The largest absolute Gasteiger partial charge is 0.455 e. The third-order valence-corrected chi connectivity index (χ3v) is 4.21. The summed E-state index contributed by atoms with van der Waals surface area (Å²) < 4.78 is 6.56. The molecular formula is C19H13BrClNO2. The van der Waals surface area contributed by atoms with Crippen LogP contribution in [0.5, 0.6) is 11.5 Å². The Morgan fingerprint density at radius 3 is 2.42 bits per heavy atom. The first-order valence-electron chi connectivity index (χ1n) is 7.22.